The average Bonchev–Trinajstić information content (AvgIpc) is 2.24. The molecule has 0 aliphatic carbocycles. The Bertz CT molecular complexity index is 130. The van der Waals surface area contributed by atoms with Gasteiger partial charge in [0.05, 0.1) is 0 Å². The topological polar surface area (TPSA) is 12.9 Å². The molecule has 1 rings (SSSR count). The summed E-state index contributed by atoms with van der Waals surface area (Å²) in [5.41, 5.74) is 0. The maximum absolute atomic E-state index is 4.64. The van der Waals surface area contributed by atoms with Crippen molar-refractivity contribution in [3.05, 3.63) is 42.7 Å². The molecule has 1 heterocycles. The van der Waals surface area contributed by atoms with Gasteiger partial charge in [-0.2, -0.15) is 0 Å². The third kappa shape index (κ3) is 16.1. The lowest BCUT2D eigenvalue weighted by Crippen LogP contribution is -1.58. The zero-order valence-electron chi connectivity index (χ0n) is 7.87. The van der Waals surface area contributed by atoms with E-state index in [1.165, 1.54) is 6.38 Å². The van der Waals surface area contributed by atoms with Crippen molar-refractivity contribution in [2.75, 3.05) is 6.38 Å². The standard InChI is InChI=1S/C5H5N.C4H8.CH3Cl/c1-2-4-6-5-3-1;1-3-4-2;1-2/h1-5H;3-4H,1-2H3;1H3. The van der Waals surface area contributed by atoms with Crippen LogP contribution in [-0.4, -0.2) is 11.4 Å². The van der Waals surface area contributed by atoms with Crippen molar-refractivity contribution in [1.82, 2.24) is 4.98 Å². The lowest BCUT2D eigenvalue weighted by Gasteiger charge is -1.70. The maximum atomic E-state index is 4.64. The van der Waals surface area contributed by atoms with Crippen molar-refractivity contribution in [3.8, 4) is 0 Å². The van der Waals surface area contributed by atoms with Crippen molar-refractivity contribution in [1.29, 1.82) is 0 Å². The number of aromatic nitrogens is 1. The molecule has 0 radical (unpaired) electrons. The van der Waals surface area contributed by atoms with Crippen molar-refractivity contribution in [2.45, 2.75) is 13.8 Å². The van der Waals surface area contributed by atoms with E-state index in [1.807, 2.05) is 44.2 Å². The Hall–Kier alpha value is -0.820. The van der Waals surface area contributed by atoms with Gasteiger partial charge in [-0.15, -0.1) is 11.6 Å². The molecule has 1 nitrogen and oxygen atoms in total. The van der Waals surface area contributed by atoms with E-state index in [0.29, 0.717) is 0 Å². The molecule has 1 aromatic heterocycles. The minimum Gasteiger partial charge on any atom is -0.265 e. The van der Waals surface area contributed by atoms with Gasteiger partial charge in [-0.05, 0) is 26.0 Å². The van der Waals surface area contributed by atoms with Crippen LogP contribution in [0.15, 0.2) is 42.7 Å². The van der Waals surface area contributed by atoms with Gasteiger partial charge in [0.15, 0.2) is 0 Å². The van der Waals surface area contributed by atoms with E-state index in [4.69, 9.17) is 0 Å². The van der Waals surface area contributed by atoms with E-state index in [9.17, 15) is 0 Å². The number of rotatable bonds is 0. The molecule has 0 unspecified atom stereocenters. The lowest BCUT2D eigenvalue weighted by atomic mass is 10.5. The van der Waals surface area contributed by atoms with Crippen LogP contribution in [0.2, 0.25) is 0 Å². The van der Waals surface area contributed by atoms with E-state index >= 15 is 0 Å². The molecular formula is C10H16ClN. The van der Waals surface area contributed by atoms with Gasteiger partial charge in [-0.1, -0.05) is 18.2 Å². The Balaban J connectivity index is 0. The fraction of sp³-hybridized carbons (Fsp3) is 0.300. The lowest BCUT2D eigenvalue weighted by molar-refractivity contribution is 1.33. The largest absolute Gasteiger partial charge is 0.265 e. The molecule has 0 atom stereocenters. The number of halogens is 1. The zero-order valence-corrected chi connectivity index (χ0v) is 8.62. The number of pyridine rings is 1. The van der Waals surface area contributed by atoms with Crippen LogP contribution >= 0.6 is 11.6 Å². The Morgan fingerprint density at radius 3 is 1.42 bits per heavy atom. The highest BCUT2D eigenvalue weighted by atomic mass is 35.5. The summed E-state index contributed by atoms with van der Waals surface area (Å²) in [6, 6.07) is 5.72. The van der Waals surface area contributed by atoms with Crippen LogP contribution in [0.25, 0.3) is 0 Å². The van der Waals surface area contributed by atoms with E-state index < -0.39 is 0 Å². The van der Waals surface area contributed by atoms with Crippen molar-refractivity contribution in [2.24, 2.45) is 0 Å². The average molecular weight is 186 g/mol. The normalized spacial score (nSPS) is 7.67. The van der Waals surface area contributed by atoms with Gasteiger partial charge in [-0.3, -0.25) is 4.98 Å². The molecule has 0 fully saturated rings. The first kappa shape index (κ1) is 13.7. The predicted molar refractivity (Wildman–Crippen MR) is 56.5 cm³/mol. The summed E-state index contributed by atoms with van der Waals surface area (Å²) < 4.78 is 0. The second kappa shape index (κ2) is 16.6. The molecule has 0 bridgehead atoms. The summed E-state index contributed by atoms with van der Waals surface area (Å²) in [7, 11) is 0. The van der Waals surface area contributed by atoms with Gasteiger partial charge in [0.25, 0.3) is 0 Å². The van der Waals surface area contributed by atoms with Gasteiger partial charge >= 0.3 is 0 Å². The maximum Gasteiger partial charge on any atom is 0.0267 e. The highest BCUT2D eigenvalue weighted by Crippen LogP contribution is 1.73. The number of hydrogen-bond donors (Lipinski definition) is 0. The SMILES string of the molecule is CC=CC.CCl.c1ccncc1. The molecule has 0 spiro atoms. The summed E-state index contributed by atoms with van der Waals surface area (Å²) in [6.07, 6.45) is 8.97. The Kier molecular flexibility index (Phi) is 19.1. The second-order valence-electron chi connectivity index (χ2n) is 1.69. The number of allylic oxidation sites excluding steroid dienone is 2. The first-order chi connectivity index (χ1) is 5.91. The van der Waals surface area contributed by atoms with E-state index in [0.717, 1.165) is 0 Å². The number of alkyl halides is 1. The molecule has 0 aliphatic heterocycles. The molecular weight excluding hydrogens is 170 g/mol. The summed E-state index contributed by atoms with van der Waals surface area (Å²) in [5.74, 6) is 0. The van der Waals surface area contributed by atoms with Crippen LogP contribution in [0, 0.1) is 0 Å². The smallest absolute Gasteiger partial charge is 0.0267 e. The summed E-state index contributed by atoms with van der Waals surface area (Å²) in [4.78, 5) is 3.78. The highest BCUT2D eigenvalue weighted by molar-refractivity contribution is 6.15. The minimum atomic E-state index is 1.47. The Morgan fingerprint density at radius 2 is 1.33 bits per heavy atom. The predicted octanol–water partition coefficient (Wildman–Crippen LogP) is 3.52. The molecule has 0 saturated heterocycles. The quantitative estimate of drug-likeness (QED) is 0.445. The molecule has 0 aliphatic rings. The van der Waals surface area contributed by atoms with Gasteiger partial charge in [0, 0.05) is 18.8 Å². The van der Waals surface area contributed by atoms with Crippen molar-refractivity contribution >= 4 is 11.6 Å². The second-order valence-corrected chi connectivity index (χ2v) is 1.69. The van der Waals surface area contributed by atoms with Crippen LogP contribution in [0.4, 0.5) is 0 Å². The zero-order chi connectivity index (χ0) is 9.66. The summed E-state index contributed by atoms with van der Waals surface area (Å²) in [6.45, 7) is 4.00. The van der Waals surface area contributed by atoms with Gasteiger partial charge in [-0.25, -0.2) is 0 Å². The fourth-order valence-electron chi connectivity index (χ4n) is 0.313. The van der Waals surface area contributed by atoms with Gasteiger partial charge < -0.3 is 0 Å². The van der Waals surface area contributed by atoms with Crippen LogP contribution in [0.1, 0.15) is 13.8 Å². The van der Waals surface area contributed by atoms with Crippen LogP contribution in [0.5, 0.6) is 0 Å². The summed E-state index contributed by atoms with van der Waals surface area (Å²) in [5, 5.41) is 0. The summed E-state index contributed by atoms with van der Waals surface area (Å²) >= 11 is 4.64. The van der Waals surface area contributed by atoms with Crippen LogP contribution < -0.4 is 0 Å². The Morgan fingerprint density at radius 1 is 0.917 bits per heavy atom. The third-order valence-corrected chi connectivity index (χ3v) is 0.900. The van der Waals surface area contributed by atoms with E-state index in [2.05, 4.69) is 16.6 Å². The Labute approximate surface area is 80.1 Å². The number of nitrogens with zero attached hydrogens (tertiary/aromatic N) is 1. The molecule has 0 amide bonds. The molecule has 0 saturated carbocycles. The molecule has 1 aromatic rings. The molecule has 68 valence electrons. The van der Waals surface area contributed by atoms with Crippen molar-refractivity contribution in [3.63, 3.8) is 0 Å². The van der Waals surface area contributed by atoms with E-state index in [-0.39, 0.29) is 0 Å². The van der Waals surface area contributed by atoms with Gasteiger partial charge in [0.1, 0.15) is 0 Å². The first-order valence-corrected chi connectivity index (χ1v) is 4.47. The van der Waals surface area contributed by atoms with Crippen molar-refractivity contribution < 1.29 is 0 Å². The number of hydrogen-bond acceptors (Lipinski definition) is 1. The highest BCUT2D eigenvalue weighted by Gasteiger charge is 1.58. The van der Waals surface area contributed by atoms with E-state index in [1.54, 1.807) is 12.4 Å². The fourth-order valence-corrected chi connectivity index (χ4v) is 0.313. The molecule has 2 heteroatoms. The monoisotopic (exact) mass is 185 g/mol. The third-order valence-electron chi connectivity index (χ3n) is 0.900. The minimum absolute atomic E-state index is 1.47. The van der Waals surface area contributed by atoms with Crippen LogP contribution in [-0.2, 0) is 0 Å². The van der Waals surface area contributed by atoms with Gasteiger partial charge in [0.2, 0.25) is 0 Å². The molecule has 12 heavy (non-hydrogen) atoms. The van der Waals surface area contributed by atoms with Crippen LogP contribution in [0.3, 0.4) is 0 Å². The molecule has 0 aromatic carbocycles. The first-order valence-electron chi connectivity index (χ1n) is 3.72. The molecule has 0 N–H and O–H groups in total.